The Kier molecular flexibility index (Phi) is 5.86. The molecule has 0 unspecified atom stereocenters. The molecule has 0 aliphatic heterocycles. The molecule has 1 N–H and O–H groups in total. The van der Waals surface area contributed by atoms with E-state index in [0.717, 1.165) is 31.9 Å². The molecule has 0 atom stereocenters. The molecule has 2 aromatic carbocycles. The van der Waals surface area contributed by atoms with E-state index in [9.17, 15) is 0 Å². The van der Waals surface area contributed by atoms with Gasteiger partial charge in [0.25, 0.3) is 0 Å². The summed E-state index contributed by atoms with van der Waals surface area (Å²) < 4.78 is 4.06. The van der Waals surface area contributed by atoms with Crippen molar-refractivity contribution in [3.05, 3.63) is 107 Å². The van der Waals surface area contributed by atoms with Crippen LogP contribution in [0.25, 0.3) is 0 Å². The summed E-state index contributed by atoms with van der Waals surface area (Å²) in [5.74, 6) is 0. The van der Waals surface area contributed by atoms with E-state index in [1.54, 1.807) is 0 Å². The highest BCUT2D eigenvalue weighted by Gasteiger charge is 2.12. The van der Waals surface area contributed by atoms with Gasteiger partial charge in [-0.1, -0.05) is 54.6 Å². The predicted molar refractivity (Wildman–Crippen MR) is 116 cm³/mol. The van der Waals surface area contributed by atoms with Crippen LogP contribution in [0.1, 0.15) is 33.6 Å². The van der Waals surface area contributed by atoms with Crippen LogP contribution in [0.2, 0.25) is 0 Å². The zero-order valence-electron chi connectivity index (χ0n) is 17.0. The Morgan fingerprint density at radius 1 is 0.828 bits per heavy atom. The average Bonchev–Trinajstić information content (AvgIpc) is 3.33. The Morgan fingerprint density at radius 2 is 1.59 bits per heavy atom. The first-order valence-corrected chi connectivity index (χ1v) is 10.0. The molecule has 5 heteroatoms. The predicted octanol–water partition coefficient (Wildman–Crippen LogP) is 4.08. The molecule has 0 saturated carbocycles. The van der Waals surface area contributed by atoms with E-state index in [1.807, 2.05) is 29.2 Å². The Hall–Kier alpha value is -3.18. The second-order valence-electron chi connectivity index (χ2n) is 7.37. The van der Waals surface area contributed by atoms with Gasteiger partial charge in [0.15, 0.2) is 0 Å². The van der Waals surface area contributed by atoms with Gasteiger partial charge < -0.3 is 5.32 Å². The first-order chi connectivity index (χ1) is 14.2. The minimum Gasteiger partial charge on any atom is -0.308 e. The zero-order chi connectivity index (χ0) is 20.1. The molecule has 0 aliphatic rings. The third-order valence-corrected chi connectivity index (χ3v) is 5.33. The number of nitrogens with one attached hydrogen (secondary N) is 1. The first kappa shape index (κ1) is 19.2. The van der Waals surface area contributed by atoms with Gasteiger partial charge in [-0.25, -0.2) is 0 Å². The summed E-state index contributed by atoms with van der Waals surface area (Å²) in [6.45, 7) is 7.48. The Morgan fingerprint density at radius 3 is 2.34 bits per heavy atom. The van der Waals surface area contributed by atoms with Crippen LogP contribution in [0, 0.1) is 13.8 Å². The zero-order valence-corrected chi connectivity index (χ0v) is 17.0. The lowest BCUT2D eigenvalue weighted by Crippen LogP contribution is -2.16. The number of nitrogens with zero attached hydrogens (tertiary/aromatic N) is 4. The van der Waals surface area contributed by atoms with E-state index in [0.29, 0.717) is 0 Å². The maximum absolute atomic E-state index is 4.76. The maximum Gasteiger partial charge on any atom is 0.0662 e. The lowest BCUT2D eigenvalue weighted by atomic mass is 10.1. The molecule has 0 radical (unpaired) electrons. The summed E-state index contributed by atoms with van der Waals surface area (Å²) in [4.78, 5) is 0. The Balaban J connectivity index is 1.41. The van der Waals surface area contributed by atoms with Gasteiger partial charge in [0, 0.05) is 36.7 Å². The van der Waals surface area contributed by atoms with Gasteiger partial charge in [0.2, 0.25) is 0 Å². The van der Waals surface area contributed by atoms with Crippen molar-refractivity contribution in [3.8, 4) is 0 Å². The largest absolute Gasteiger partial charge is 0.308 e. The van der Waals surface area contributed by atoms with Crippen molar-refractivity contribution in [1.82, 2.24) is 24.9 Å². The van der Waals surface area contributed by atoms with E-state index in [1.165, 1.54) is 27.9 Å². The van der Waals surface area contributed by atoms with Gasteiger partial charge in [0.1, 0.15) is 0 Å². The second kappa shape index (κ2) is 8.88. The highest BCUT2D eigenvalue weighted by atomic mass is 15.3. The molecule has 0 amide bonds. The monoisotopic (exact) mass is 385 g/mol. The molecule has 0 bridgehead atoms. The van der Waals surface area contributed by atoms with Crippen molar-refractivity contribution >= 4 is 0 Å². The van der Waals surface area contributed by atoms with Crippen LogP contribution in [-0.4, -0.2) is 19.6 Å². The quantitative estimate of drug-likeness (QED) is 0.497. The minimum atomic E-state index is 0.790. The molecular weight excluding hydrogens is 358 g/mol. The molecule has 0 aliphatic carbocycles. The number of hydrogen-bond acceptors (Lipinski definition) is 3. The van der Waals surface area contributed by atoms with Crippen LogP contribution in [0.5, 0.6) is 0 Å². The summed E-state index contributed by atoms with van der Waals surface area (Å²) in [6.07, 6.45) is 3.82. The molecule has 2 heterocycles. The van der Waals surface area contributed by atoms with Gasteiger partial charge in [-0.2, -0.15) is 10.2 Å². The maximum atomic E-state index is 4.76. The Labute approximate surface area is 172 Å². The van der Waals surface area contributed by atoms with E-state index < -0.39 is 0 Å². The van der Waals surface area contributed by atoms with Gasteiger partial charge >= 0.3 is 0 Å². The van der Waals surface area contributed by atoms with E-state index >= 15 is 0 Å². The lowest BCUT2D eigenvalue weighted by Gasteiger charge is -2.11. The molecule has 0 spiro atoms. The molecule has 2 aromatic heterocycles. The SMILES string of the molecule is Cc1nn(Cc2ccccc2)c(C)c1CNCc1ccccc1Cn1cccn1. The standard InChI is InChI=1S/C24H27N5/c1-19-24(20(2)29(27-19)17-21-9-4-3-5-10-21)16-25-15-22-11-6-7-12-23(22)18-28-14-8-13-26-28/h3-14,25H,15-18H2,1-2H3. The fourth-order valence-corrected chi connectivity index (χ4v) is 3.68. The van der Waals surface area contributed by atoms with Crippen molar-refractivity contribution in [2.24, 2.45) is 0 Å². The normalized spacial score (nSPS) is 11.1. The molecule has 0 fully saturated rings. The van der Waals surface area contributed by atoms with Crippen LogP contribution in [0.4, 0.5) is 0 Å². The topological polar surface area (TPSA) is 47.7 Å². The average molecular weight is 386 g/mol. The first-order valence-electron chi connectivity index (χ1n) is 10.0. The minimum absolute atomic E-state index is 0.790. The summed E-state index contributed by atoms with van der Waals surface area (Å²) >= 11 is 0. The van der Waals surface area contributed by atoms with Crippen LogP contribution >= 0.6 is 0 Å². The summed E-state index contributed by atoms with van der Waals surface area (Å²) in [5, 5.41) is 12.7. The van der Waals surface area contributed by atoms with Crippen molar-refractivity contribution in [2.75, 3.05) is 0 Å². The number of hydrogen-bond donors (Lipinski definition) is 1. The fraction of sp³-hybridized carbons (Fsp3) is 0.250. The van der Waals surface area contributed by atoms with E-state index in [4.69, 9.17) is 5.10 Å². The molecule has 4 rings (SSSR count). The van der Waals surface area contributed by atoms with Crippen molar-refractivity contribution in [3.63, 3.8) is 0 Å². The van der Waals surface area contributed by atoms with Gasteiger partial charge in [-0.3, -0.25) is 9.36 Å². The van der Waals surface area contributed by atoms with Crippen molar-refractivity contribution in [1.29, 1.82) is 0 Å². The molecular formula is C24H27N5. The number of rotatable bonds is 8. The van der Waals surface area contributed by atoms with E-state index in [-0.39, 0.29) is 0 Å². The molecule has 148 valence electrons. The summed E-state index contributed by atoms with van der Waals surface area (Å²) in [6, 6.07) is 21.0. The van der Waals surface area contributed by atoms with Crippen LogP contribution in [0.3, 0.4) is 0 Å². The number of aryl methyl sites for hydroxylation is 1. The van der Waals surface area contributed by atoms with Crippen LogP contribution in [-0.2, 0) is 26.2 Å². The van der Waals surface area contributed by atoms with Gasteiger partial charge in [0.05, 0.1) is 18.8 Å². The van der Waals surface area contributed by atoms with Crippen LogP contribution in [0.15, 0.2) is 73.1 Å². The van der Waals surface area contributed by atoms with Crippen LogP contribution < -0.4 is 5.32 Å². The van der Waals surface area contributed by atoms with Gasteiger partial charge in [-0.15, -0.1) is 0 Å². The number of benzene rings is 2. The smallest absolute Gasteiger partial charge is 0.0662 e. The molecule has 4 aromatic rings. The summed E-state index contributed by atoms with van der Waals surface area (Å²) in [7, 11) is 0. The second-order valence-corrected chi connectivity index (χ2v) is 7.37. The third-order valence-electron chi connectivity index (χ3n) is 5.33. The van der Waals surface area contributed by atoms with Crippen molar-refractivity contribution in [2.45, 2.75) is 40.0 Å². The fourth-order valence-electron chi connectivity index (χ4n) is 3.68. The Bertz CT molecular complexity index is 1050. The lowest BCUT2D eigenvalue weighted by molar-refractivity contribution is 0.646. The third kappa shape index (κ3) is 4.63. The molecule has 5 nitrogen and oxygen atoms in total. The highest BCUT2D eigenvalue weighted by molar-refractivity contribution is 5.29. The van der Waals surface area contributed by atoms with Crippen molar-refractivity contribution < 1.29 is 0 Å². The van der Waals surface area contributed by atoms with E-state index in [2.05, 4.69) is 77.5 Å². The number of aromatic nitrogens is 4. The van der Waals surface area contributed by atoms with Gasteiger partial charge in [-0.05, 0) is 36.6 Å². The summed E-state index contributed by atoms with van der Waals surface area (Å²) in [5.41, 5.74) is 7.46. The molecule has 29 heavy (non-hydrogen) atoms. The molecule has 0 saturated heterocycles. The highest BCUT2D eigenvalue weighted by Crippen LogP contribution is 2.16.